The molecule has 0 radical (unpaired) electrons. The van der Waals surface area contributed by atoms with E-state index in [1.54, 1.807) is 12.4 Å². The van der Waals surface area contributed by atoms with Gasteiger partial charge in [0.25, 0.3) is 0 Å². The number of nitrogens with one attached hydrogen (secondary N) is 1. The number of ether oxygens (including phenoxy) is 1. The van der Waals surface area contributed by atoms with Gasteiger partial charge in [-0.15, -0.1) is 12.4 Å². The van der Waals surface area contributed by atoms with E-state index in [0.717, 1.165) is 18.9 Å². The summed E-state index contributed by atoms with van der Waals surface area (Å²) in [4.78, 5) is 3.93. The standard InChI is InChI=1S/C10H14N2O.ClH/c1-2-9(12-5-1)8-13-10-3-6-11-7-4-10;/h3-4,6-7,9,12H,1-2,5,8H2;1H. The SMILES string of the molecule is Cl.c1cc(OCC2CCCN2)ccn1. The van der Waals surface area contributed by atoms with Crippen molar-refractivity contribution < 1.29 is 4.74 Å². The second-order valence-corrected chi connectivity index (χ2v) is 3.29. The first kappa shape index (κ1) is 11.3. The van der Waals surface area contributed by atoms with E-state index in [9.17, 15) is 0 Å². The number of hydrogen-bond donors (Lipinski definition) is 1. The first-order chi connectivity index (χ1) is 6.45. The minimum absolute atomic E-state index is 0. The van der Waals surface area contributed by atoms with E-state index in [4.69, 9.17) is 4.74 Å². The lowest BCUT2D eigenvalue weighted by atomic mass is 10.2. The third-order valence-electron chi connectivity index (χ3n) is 2.26. The maximum Gasteiger partial charge on any atom is 0.122 e. The third-order valence-corrected chi connectivity index (χ3v) is 2.26. The predicted molar refractivity (Wildman–Crippen MR) is 58.0 cm³/mol. The number of hydrogen-bond acceptors (Lipinski definition) is 3. The summed E-state index contributed by atoms with van der Waals surface area (Å²) in [6.07, 6.45) is 5.99. The summed E-state index contributed by atoms with van der Waals surface area (Å²) in [5, 5.41) is 3.39. The van der Waals surface area contributed by atoms with Crippen LogP contribution in [-0.2, 0) is 0 Å². The maximum absolute atomic E-state index is 5.59. The van der Waals surface area contributed by atoms with Crippen LogP contribution in [-0.4, -0.2) is 24.2 Å². The second kappa shape index (κ2) is 5.83. The van der Waals surface area contributed by atoms with Crippen LogP contribution < -0.4 is 10.1 Å². The first-order valence-corrected chi connectivity index (χ1v) is 4.71. The molecular weight excluding hydrogens is 200 g/mol. The van der Waals surface area contributed by atoms with E-state index in [0.29, 0.717) is 6.04 Å². The van der Waals surface area contributed by atoms with Crippen LogP contribution in [0.2, 0.25) is 0 Å². The van der Waals surface area contributed by atoms with Gasteiger partial charge in [0, 0.05) is 18.4 Å². The molecule has 0 saturated carbocycles. The topological polar surface area (TPSA) is 34.1 Å². The summed E-state index contributed by atoms with van der Waals surface area (Å²) in [7, 11) is 0. The summed E-state index contributed by atoms with van der Waals surface area (Å²) >= 11 is 0. The molecule has 4 heteroatoms. The number of aromatic nitrogens is 1. The van der Waals surface area contributed by atoms with Crippen molar-refractivity contribution in [3.05, 3.63) is 24.5 Å². The van der Waals surface area contributed by atoms with E-state index >= 15 is 0 Å². The fraction of sp³-hybridized carbons (Fsp3) is 0.500. The number of halogens is 1. The molecule has 3 nitrogen and oxygen atoms in total. The van der Waals surface area contributed by atoms with Gasteiger partial charge in [0.15, 0.2) is 0 Å². The second-order valence-electron chi connectivity index (χ2n) is 3.29. The molecule has 2 rings (SSSR count). The molecule has 1 aliphatic heterocycles. The Morgan fingerprint density at radius 2 is 2.21 bits per heavy atom. The Morgan fingerprint density at radius 3 is 2.86 bits per heavy atom. The minimum atomic E-state index is 0. The minimum Gasteiger partial charge on any atom is -0.492 e. The van der Waals surface area contributed by atoms with Crippen LogP contribution in [0.3, 0.4) is 0 Å². The molecule has 1 aromatic rings. The molecular formula is C10H15ClN2O. The van der Waals surface area contributed by atoms with E-state index in [1.807, 2.05) is 12.1 Å². The summed E-state index contributed by atoms with van der Waals surface area (Å²) < 4.78 is 5.59. The zero-order chi connectivity index (χ0) is 8.93. The van der Waals surface area contributed by atoms with Crippen molar-refractivity contribution in [1.29, 1.82) is 0 Å². The Balaban J connectivity index is 0.000000980. The number of pyridine rings is 1. The lowest BCUT2D eigenvalue weighted by Gasteiger charge is -2.11. The predicted octanol–water partition coefficient (Wildman–Crippen LogP) is 1.63. The lowest BCUT2D eigenvalue weighted by molar-refractivity contribution is 0.277. The Labute approximate surface area is 90.3 Å². The van der Waals surface area contributed by atoms with Crippen molar-refractivity contribution >= 4 is 12.4 Å². The number of nitrogens with zero attached hydrogens (tertiary/aromatic N) is 1. The van der Waals surface area contributed by atoms with E-state index in [2.05, 4.69) is 10.3 Å². The molecule has 0 aliphatic carbocycles. The number of rotatable bonds is 3. The van der Waals surface area contributed by atoms with Crippen LogP contribution in [0.1, 0.15) is 12.8 Å². The molecule has 1 aliphatic rings. The van der Waals surface area contributed by atoms with Crippen molar-refractivity contribution in [3.63, 3.8) is 0 Å². The van der Waals surface area contributed by atoms with Crippen molar-refractivity contribution in [2.75, 3.05) is 13.2 Å². The van der Waals surface area contributed by atoms with Crippen LogP contribution in [0.25, 0.3) is 0 Å². The molecule has 0 spiro atoms. The summed E-state index contributed by atoms with van der Waals surface area (Å²) in [5.74, 6) is 0.906. The Morgan fingerprint density at radius 1 is 1.43 bits per heavy atom. The Kier molecular flexibility index (Phi) is 4.70. The zero-order valence-electron chi connectivity index (χ0n) is 7.98. The third kappa shape index (κ3) is 3.16. The average Bonchev–Trinajstić information content (AvgIpc) is 2.69. The normalized spacial score (nSPS) is 20.1. The highest BCUT2D eigenvalue weighted by molar-refractivity contribution is 5.85. The van der Waals surface area contributed by atoms with Crippen LogP contribution >= 0.6 is 12.4 Å². The summed E-state index contributed by atoms with van der Waals surface area (Å²) in [5.41, 5.74) is 0. The van der Waals surface area contributed by atoms with Gasteiger partial charge in [-0.05, 0) is 31.5 Å². The van der Waals surface area contributed by atoms with Crippen LogP contribution in [0.15, 0.2) is 24.5 Å². The van der Waals surface area contributed by atoms with Crippen molar-refractivity contribution in [2.24, 2.45) is 0 Å². The van der Waals surface area contributed by atoms with Crippen LogP contribution in [0.5, 0.6) is 5.75 Å². The average molecular weight is 215 g/mol. The van der Waals surface area contributed by atoms with Gasteiger partial charge >= 0.3 is 0 Å². The Bertz CT molecular complexity index is 250. The molecule has 2 heterocycles. The van der Waals surface area contributed by atoms with Crippen LogP contribution in [0.4, 0.5) is 0 Å². The smallest absolute Gasteiger partial charge is 0.122 e. The van der Waals surface area contributed by atoms with E-state index < -0.39 is 0 Å². The zero-order valence-corrected chi connectivity index (χ0v) is 8.80. The van der Waals surface area contributed by atoms with Gasteiger partial charge in [0.2, 0.25) is 0 Å². The molecule has 1 saturated heterocycles. The molecule has 1 N–H and O–H groups in total. The highest BCUT2D eigenvalue weighted by Crippen LogP contribution is 2.10. The van der Waals surface area contributed by atoms with Crippen molar-refractivity contribution in [1.82, 2.24) is 10.3 Å². The highest BCUT2D eigenvalue weighted by Gasteiger charge is 2.13. The van der Waals surface area contributed by atoms with Gasteiger partial charge in [-0.1, -0.05) is 0 Å². The lowest BCUT2D eigenvalue weighted by Crippen LogP contribution is -2.28. The van der Waals surface area contributed by atoms with Crippen molar-refractivity contribution in [2.45, 2.75) is 18.9 Å². The molecule has 0 bridgehead atoms. The molecule has 78 valence electrons. The van der Waals surface area contributed by atoms with Crippen LogP contribution in [0, 0.1) is 0 Å². The molecule has 1 fully saturated rings. The van der Waals surface area contributed by atoms with E-state index in [-0.39, 0.29) is 12.4 Å². The van der Waals surface area contributed by atoms with Crippen molar-refractivity contribution in [3.8, 4) is 5.75 Å². The first-order valence-electron chi connectivity index (χ1n) is 4.71. The fourth-order valence-electron chi connectivity index (χ4n) is 1.53. The van der Waals surface area contributed by atoms with E-state index in [1.165, 1.54) is 12.8 Å². The maximum atomic E-state index is 5.59. The quantitative estimate of drug-likeness (QED) is 0.831. The molecule has 0 amide bonds. The van der Waals surface area contributed by atoms with Gasteiger partial charge in [-0.3, -0.25) is 4.98 Å². The van der Waals surface area contributed by atoms with Gasteiger partial charge in [-0.2, -0.15) is 0 Å². The van der Waals surface area contributed by atoms with Gasteiger partial charge in [0.1, 0.15) is 12.4 Å². The molecule has 14 heavy (non-hydrogen) atoms. The summed E-state index contributed by atoms with van der Waals surface area (Å²) in [6, 6.07) is 4.30. The largest absolute Gasteiger partial charge is 0.492 e. The van der Waals surface area contributed by atoms with Gasteiger partial charge in [0.05, 0.1) is 0 Å². The van der Waals surface area contributed by atoms with Gasteiger partial charge in [-0.25, -0.2) is 0 Å². The summed E-state index contributed by atoms with van der Waals surface area (Å²) in [6.45, 7) is 1.90. The Hall–Kier alpha value is -0.800. The molecule has 0 aromatic carbocycles. The molecule has 1 unspecified atom stereocenters. The van der Waals surface area contributed by atoms with Gasteiger partial charge < -0.3 is 10.1 Å². The molecule has 1 atom stereocenters. The molecule has 1 aromatic heterocycles. The monoisotopic (exact) mass is 214 g/mol. The highest BCUT2D eigenvalue weighted by atomic mass is 35.5. The fourth-order valence-corrected chi connectivity index (χ4v) is 1.53.